The molecule has 0 aliphatic heterocycles. The Morgan fingerprint density at radius 3 is 2.00 bits per heavy atom. The summed E-state index contributed by atoms with van der Waals surface area (Å²) in [7, 11) is 0. The van der Waals surface area contributed by atoms with Crippen molar-refractivity contribution in [2.24, 2.45) is 4.99 Å². The van der Waals surface area contributed by atoms with Gasteiger partial charge in [0.1, 0.15) is 10.8 Å². The molecule has 0 radical (unpaired) electrons. The van der Waals surface area contributed by atoms with Gasteiger partial charge in [-0.1, -0.05) is 126 Å². The summed E-state index contributed by atoms with van der Waals surface area (Å²) < 4.78 is 1.13. The highest BCUT2D eigenvalue weighted by atomic mass is 32.1. The number of hydrogen-bond acceptors (Lipinski definition) is 4. The van der Waals surface area contributed by atoms with Crippen LogP contribution in [0.4, 0.5) is 5.69 Å². The summed E-state index contributed by atoms with van der Waals surface area (Å²) in [5.41, 5.74) is 10.8. The van der Waals surface area contributed by atoms with Crippen LogP contribution in [0, 0.1) is 0 Å². The molecule has 1 aromatic heterocycles. The fourth-order valence-electron chi connectivity index (χ4n) is 6.14. The molecule has 1 N–H and O–H groups in total. The van der Waals surface area contributed by atoms with Crippen LogP contribution in [0.3, 0.4) is 0 Å². The van der Waals surface area contributed by atoms with Crippen molar-refractivity contribution < 1.29 is 5.11 Å². The number of aliphatic imine (C=N–C) groups is 1. The molecule has 0 bridgehead atoms. The van der Waals surface area contributed by atoms with Crippen molar-refractivity contribution >= 4 is 44.2 Å². The summed E-state index contributed by atoms with van der Waals surface area (Å²) in [5.74, 6) is 0.205. The number of hydrogen-bond donors (Lipinski definition) is 1. The first kappa shape index (κ1) is 31.5. The molecule has 0 spiro atoms. The van der Waals surface area contributed by atoms with E-state index >= 15 is 0 Å². The van der Waals surface area contributed by atoms with Gasteiger partial charge in [0.15, 0.2) is 0 Å². The number of aromatic nitrogens is 1. The average molecular weight is 645 g/mol. The zero-order valence-electron chi connectivity index (χ0n) is 28.4. The molecule has 7 rings (SSSR count). The van der Waals surface area contributed by atoms with Crippen LogP contribution >= 0.6 is 11.3 Å². The lowest BCUT2D eigenvalue weighted by Gasteiger charge is -2.26. The second-order valence-corrected chi connectivity index (χ2v) is 15.6. The van der Waals surface area contributed by atoms with Gasteiger partial charge in [0.25, 0.3) is 0 Å². The van der Waals surface area contributed by atoms with Gasteiger partial charge in [-0.2, -0.15) is 0 Å². The molecule has 4 heteroatoms. The second kappa shape index (κ2) is 12.2. The zero-order chi connectivity index (χ0) is 33.6. The Hall–Kier alpha value is -5.06. The number of aromatic hydroxyl groups is 1. The highest BCUT2D eigenvalue weighted by Crippen LogP contribution is 2.44. The van der Waals surface area contributed by atoms with Crippen LogP contribution in [-0.2, 0) is 10.8 Å². The second-order valence-electron chi connectivity index (χ2n) is 14.5. The molecule has 0 atom stereocenters. The minimum atomic E-state index is 0.0109. The van der Waals surface area contributed by atoms with Crippen LogP contribution in [0.2, 0.25) is 0 Å². The summed E-state index contributed by atoms with van der Waals surface area (Å²) in [4.78, 5) is 10.2. The number of nitrogens with zero attached hydrogens (tertiary/aromatic N) is 2. The fraction of sp³-hybridized carbons (Fsp3) is 0.182. The standard InChI is InChI=1S/C44H40N2OS/c1-43(2,3)32-22-30(23-33(26-32)44(4,5)6)31-24-37(35-19-13-16-28-14-7-9-17-34(28)35)41-40(25-31)48-42(46-41)36-18-10-11-20-38(36)45-27-29-15-8-12-21-39(29)47/h7-27,47H,1-6H3. The maximum absolute atomic E-state index is 10.3. The molecule has 0 unspecified atom stereocenters. The Morgan fingerprint density at radius 1 is 0.625 bits per heavy atom. The zero-order valence-corrected chi connectivity index (χ0v) is 29.2. The third kappa shape index (κ3) is 6.16. The van der Waals surface area contributed by atoms with Gasteiger partial charge in [0.05, 0.1) is 15.9 Å². The molecular formula is C44H40N2OS. The number of thiazole rings is 1. The quantitative estimate of drug-likeness (QED) is 0.190. The van der Waals surface area contributed by atoms with E-state index in [9.17, 15) is 5.11 Å². The monoisotopic (exact) mass is 644 g/mol. The molecule has 0 aliphatic carbocycles. The van der Waals surface area contributed by atoms with Gasteiger partial charge in [-0.3, -0.25) is 4.99 Å². The third-order valence-corrected chi connectivity index (χ3v) is 10.0. The van der Waals surface area contributed by atoms with Crippen molar-refractivity contribution in [3.05, 3.63) is 138 Å². The number of para-hydroxylation sites is 2. The number of benzene rings is 6. The number of phenols is 1. The highest BCUT2D eigenvalue weighted by molar-refractivity contribution is 7.21. The van der Waals surface area contributed by atoms with Gasteiger partial charge in [-0.25, -0.2) is 4.98 Å². The molecule has 0 saturated heterocycles. The Kier molecular flexibility index (Phi) is 8.01. The van der Waals surface area contributed by atoms with Crippen LogP contribution in [0.1, 0.15) is 58.2 Å². The van der Waals surface area contributed by atoms with Gasteiger partial charge < -0.3 is 5.11 Å². The van der Waals surface area contributed by atoms with Crippen LogP contribution in [0.5, 0.6) is 5.75 Å². The van der Waals surface area contributed by atoms with Crippen molar-refractivity contribution in [3.63, 3.8) is 0 Å². The van der Waals surface area contributed by atoms with Crippen LogP contribution in [-0.4, -0.2) is 16.3 Å². The average Bonchev–Trinajstić information content (AvgIpc) is 3.51. The molecule has 0 saturated carbocycles. The fourth-order valence-corrected chi connectivity index (χ4v) is 7.21. The van der Waals surface area contributed by atoms with Gasteiger partial charge in [-0.15, -0.1) is 11.3 Å². The molecule has 0 aliphatic rings. The molecule has 3 nitrogen and oxygen atoms in total. The largest absolute Gasteiger partial charge is 0.507 e. The van der Waals surface area contributed by atoms with Gasteiger partial charge in [0, 0.05) is 22.9 Å². The van der Waals surface area contributed by atoms with E-state index < -0.39 is 0 Å². The van der Waals surface area contributed by atoms with Crippen molar-refractivity contribution in [3.8, 4) is 38.6 Å². The van der Waals surface area contributed by atoms with Crippen molar-refractivity contribution in [1.29, 1.82) is 0 Å². The van der Waals surface area contributed by atoms with Gasteiger partial charge >= 0.3 is 0 Å². The Balaban J connectivity index is 1.47. The summed E-state index contributed by atoms with van der Waals surface area (Å²) in [6, 6.07) is 42.2. The van der Waals surface area contributed by atoms with E-state index in [-0.39, 0.29) is 16.6 Å². The minimum absolute atomic E-state index is 0.0109. The van der Waals surface area contributed by atoms with Gasteiger partial charge in [0.2, 0.25) is 0 Å². The molecule has 0 fully saturated rings. The van der Waals surface area contributed by atoms with E-state index in [2.05, 4.69) is 120 Å². The van der Waals surface area contributed by atoms with Crippen LogP contribution < -0.4 is 0 Å². The Morgan fingerprint density at radius 2 is 1.25 bits per heavy atom. The lowest BCUT2D eigenvalue weighted by molar-refractivity contribution is 0.474. The Bertz CT molecular complexity index is 2290. The molecule has 6 aromatic carbocycles. The normalized spacial score (nSPS) is 12.4. The molecule has 1 heterocycles. The molecule has 238 valence electrons. The maximum Gasteiger partial charge on any atom is 0.126 e. The predicted octanol–water partition coefficient (Wildman–Crippen LogP) is 12.5. The summed E-state index contributed by atoms with van der Waals surface area (Å²) in [6.07, 6.45) is 1.72. The van der Waals surface area contributed by atoms with Crippen LogP contribution in [0.15, 0.2) is 126 Å². The van der Waals surface area contributed by atoms with Crippen molar-refractivity contribution in [2.75, 3.05) is 0 Å². The summed E-state index contributed by atoms with van der Waals surface area (Å²) in [5, 5.41) is 13.6. The smallest absolute Gasteiger partial charge is 0.126 e. The first-order chi connectivity index (χ1) is 23.0. The lowest BCUT2D eigenvalue weighted by atomic mass is 9.78. The van der Waals surface area contributed by atoms with Crippen LogP contribution in [0.25, 0.3) is 53.8 Å². The maximum atomic E-state index is 10.3. The van der Waals surface area contributed by atoms with E-state index in [4.69, 9.17) is 9.98 Å². The van der Waals surface area contributed by atoms with Crippen molar-refractivity contribution in [1.82, 2.24) is 4.98 Å². The summed E-state index contributed by atoms with van der Waals surface area (Å²) >= 11 is 1.70. The molecule has 0 amide bonds. The van der Waals surface area contributed by atoms with E-state index in [0.717, 1.165) is 32.0 Å². The minimum Gasteiger partial charge on any atom is -0.507 e. The topological polar surface area (TPSA) is 45.5 Å². The van der Waals surface area contributed by atoms with Crippen molar-refractivity contribution in [2.45, 2.75) is 52.4 Å². The number of rotatable bonds is 5. The summed E-state index contributed by atoms with van der Waals surface area (Å²) in [6.45, 7) is 13.7. The van der Waals surface area contributed by atoms with E-state index in [1.165, 1.54) is 38.6 Å². The third-order valence-electron chi connectivity index (χ3n) is 8.99. The SMILES string of the molecule is CC(C)(C)c1cc(-c2cc(-c3cccc4ccccc34)c3nc(-c4ccccc4N=Cc4ccccc4O)sc3c2)cc(C(C)(C)C)c1. The molecular weight excluding hydrogens is 605 g/mol. The molecule has 7 aromatic rings. The number of fused-ring (bicyclic) bond motifs is 2. The van der Waals surface area contributed by atoms with E-state index in [0.29, 0.717) is 5.56 Å². The molecule has 48 heavy (non-hydrogen) atoms. The van der Waals surface area contributed by atoms with E-state index in [1.807, 2.05) is 36.4 Å². The lowest BCUT2D eigenvalue weighted by Crippen LogP contribution is -2.16. The van der Waals surface area contributed by atoms with Gasteiger partial charge in [-0.05, 0) is 85.8 Å². The van der Waals surface area contributed by atoms with E-state index in [1.54, 1.807) is 23.6 Å². The first-order valence-electron chi connectivity index (χ1n) is 16.5. The first-order valence-corrected chi connectivity index (χ1v) is 17.3. The highest BCUT2D eigenvalue weighted by Gasteiger charge is 2.23. The predicted molar refractivity (Wildman–Crippen MR) is 206 cm³/mol. The Labute approximate surface area is 287 Å². The number of phenolic OH excluding ortho intramolecular Hbond substituents is 1.